The van der Waals surface area contributed by atoms with Gasteiger partial charge in [-0.3, -0.25) is 4.79 Å². The lowest BCUT2D eigenvalue weighted by atomic mass is 10.1. The van der Waals surface area contributed by atoms with Crippen LogP contribution in [0, 0.1) is 6.92 Å². The second kappa shape index (κ2) is 7.54. The number of carbonyl (C=O) groups is 1. The third-order valence-electron chi connectivity index (χ3n) is 4.36. The number of benzene rings is 3. The van der Waals surface area contributed by atoms with E-state index in [9.17, 15) is 4.79 Å². The molecule has 1 heterocycles. The maximum absolute atomic E-state index is 12.1. The summed E-state index contributed by atoms with van der Waals surface area (Å²) in [6.45, 7) is 2.49. The maximum atomic E-state index is 12.1. The predicted octanol–water partition coefficient (Wildman–Crippen LogP) is 5.66. The number of hydrogen-bond donors (Lipinski definition) is 0. The highest BCUT2D eigenvalue weighted by atomic mass is 16.5. The molecular formula is C23H20O4. The number of fused-ring (bicyclic) bond motifs is 3. The average molecular weight is 360 g/mol. The van der Waals surface area contributed by atoms with Crippen molar-refractivity contribution in [2.24, 2.45) is 0 Å². The molecule has 0 unspecified atom stereocenters. The van der Waals surface area contributed by atoms with E-state index in [1.165, 1.54) is 0 Å². The molecule has 0 N–H and O–H groups in total. The van der Waals surface area contributed by atoms with Gasteiger partial charge in [0, 0.05) is 17.2 Å². The fourth-order valence-corrected chi connectivity index (χ4v) is 3.06. The molecule has 0 aliphatic rings. The molecule has 0 radical (unpaired) electrons. The molecule has 4 heteroatoms. The van der Waals surface area contributed by atoms with Crippen molar-refractivity contribution < 1.29 is 18.7 Å². The zero-order chi connectivity index (χ0) is 18.6. The van der Waals surface area contributed by atoms with Crippen molar-refractivity contribution in [2.45, 2.75) is 19.8 Å². The van der Waals surface area contributed by atoms with Gasteiger partial charge in [-0.15, -0.1) is 0 Å². The van der Waals surface area contributed by atoms with Gasteiger partial charge in [0.25, 0.3) is 0 Å². The fourth-order valence-electron chi connectivity index (χ4n) is 3.06. The van der Waals surface area contributed by atoms with Gasteiger partial charge in [-0.1, -0.05) is 30.3 Å². The van der Waals surface area contributed by atoms with E-state index in [1.807, 2.05) is 67.6 Å². The molecule has 0 amide bonds. The van der Waals surface area contributed by atoms with Crippen LogP contribution in [0.4, 0.5) is 0 Å². The van der Waals surface area contributed by atoms with Crippen molar-refractivity contribution in [3.63, 3.8) is 0 Å². The van der Waals surface area contributed by atoms with E-state index in [0.29, 0.717) is 25.2 Å². The molecule has 0 atom stereocenters. The van der Waals surface area contributed by atoms with Gasteiger partial charge in [0.1, 0.15) is 22.7 Å². The normalized spacial score (nSPS) is 11.0. The Kier molecular flexibility index (Phi) is 4.79. The standard InChI is InChI=1S/C23H20O4/c1-16-6-4-7-17(14-16)25-13-5-10-23(24)26-18-11-12-22-20(15-18)19-8-2-3-9-21(19)27-22/h2-4,6-9,11-12,14-15H,5,10,13H2,1H3. The lowest BCUT2D eigenvalue weighted by Crippen LogP contribution is -2.09. The van der Waals surface area contributed by atoms with Gasteiger partial charge >= 0.3 is 5.97 Å². The van der Waals surface area contributed by atoms with Crippen molar-refractivity contribution in [3.05, 3.63) is 72.3 Å². The molecule has 3 aromatic carbocycles. The molecule has 0 spiro atoms. The van der Waals surface area contributed by atoms with E-state index in [1.54, 1.807) is 6.07 Å². The summed E-state index contributed by atoms with van der Waals surface area (Å²) in [5.74, 6) is 1.08. The van der Waals surface area contributed by atoms with Crippen LogP contribution in [0.5, 0.6) is 11.5 Å². The van der Waals surface area contributed by atoms with Gasteiger partial charge in [-0.05, 0) is 55.3 Å². The summed E-state index contributed by atoms with van der Waals surface area (Å²) >= 11 is 0. The molecule has 0 aliphatic heterocycles. The van der Waals surface area contributed by atoms with Crippen LogP contribution in [-0.4, -0.2) is 12.6 Å². The van der Waals surface area contributed by atoms with Gasteiger partial charge in [0.05, 0.1) is 6.61 Å². The first kappa shape index (κ1) is 17.2. The van der Waals surface area contributed by atoms with Crippen LogP contribution in [-0.2, 0) is 4.79 Å². The number of furan rings is 1. The zero-order valence-corrected chi connectivity index (χ0v) is 15.1. The van der Waals surface area contributed by atoms with Crippen LogP contribution >= 0.6 is 0 Å². The highest BCUT2D eigenvalue weighted by Crippen LogP contribution is 2.31. The van der Waals surface area contributed by atoms with Crippen LogP contribution in [0.1, 0.15) is 18.4 Å². The highest BCUT2D eigenvalue weighted by Gasteiger charge is 2.10. The Morgan fingerprint density at radius 1 is 0.889 bits per heavy atom. The highest BCUT2D eigenvalue weighted by molar-refractivity contribution is 6.05. The molecule has 0 fully saturated rings. The van der Waals surface area contributed by atoms with Gasteiger partial charge in [-0.25, -0.2) is 0 Å². The summed E-state index contributed by atoms with van der Waals surface area (Å²) in [5.41, 5.74) is 2.75. The van der Waals surface area contributed by atoms with Gasteiger partial charge in [0.2, 0.25) is 0 Å². The first-order valence-electron chi connectivity index (χ1n) is 9.00. The molecular weight excluding hydrogens is 340 g/mol. The van der Waals surface area contributed by atoms with E-state index >= 15 is 0 Å². The van der Waals surface area contributed by atoms with Crippen LogP contribution in [0.25, 0.3) is 21.9 Å². The first-order chi connectivity index (χ1) is 13.2. The minimum absolute atomic E-state index is 0.269. The summed E-state index contributed by atoms with van der Waals surface area (Å²) in [5, 5.41) is 1.95. The van der Waals surface area contributed by atoms with E-state index < -0.39 is 0 Å². The number of rotatable bonds is 6. The third-order valence-corrected chi connectivity index (χ3v) is 4.36. The second-order valence-corrected chi connectivity index (χ2v) is 6.50. The van der Waals surface area contributed by atoms with Crippen molar-refractivity contribution in [1.82, 2.24) is 0 Å². The molecule has 1 aromatic heterocycles. The Bertz CT molecular complexity index is 1090. The number of hydrogen-bond acceptors (Lipinski definition) is 4. The largest absolute Gasteiger partial charge is 0.494 e. The summed E-state index contributed by atoms with van der Waals surface area (Å²) in [6.07, 6.45) is 0.902. The Morgan fingerprint density at radius 3 is 2.63 bits per heavy atom. The minimum atomic E-state index is -0.269. The molecule has 0 aliphatic carbocycles. The molecule has 0 bridgehead atoms. The average Bonchev–Trinajstić information content (AvgIpc) is 3.03. The van der Waals surface area contributed by atoms with Crippen LogP contribution in [0.3, 0.4) is 0 Å². The number of carbonyl (C=O) groups excluding carboxylic acids is 1. The van der Waals surface area contributed by atoms with E-state index in [0.717, 1.165) is 33.3 Å². The number of para-hydroxylation sites is 1. The van der Waals surface area contributed by atoms with Crippen LogP contribution in [0.2, 0.25) is 0 Å². The van der Waals surface area contributed by atoms with E-state index in [-0.39, 0.29) is 5.97 Å². The zero-order valence-electron chi connectivity index (χ0n) is 15.1. The maximum Gasteiger partial charge on any atom is 0.311 e. The molecule has 4 rings (SSSR count). The Hall–Kier alpha value is -3.27. The van der Waals surface area contributed by atoms with Crippen molar-refractivity contribution in [2.75, 3.05) is 6.61 Å². The molecule has 0 saturated heterocycles. The Balaban J connectivity index is 1.34. The SMILES string of the molecule is Cc1cccc(OCCCC(=O)Oc2ccc3oc4ccccc4c3c2)c1. The summed E-state index contributed by atoms with van der Waals surface area (Å²) in [7, 11) is 0. The van der Waals surface area contributed by atoms with Crippen molar-refractivity contribution in [3.8, 4) is 11.5 Å². The Labute approximate surface area is 157 Å². The topological polar surface area (TPSA) is 48.7 Å². The van der Waals surface area contributed by atoms with Gasteiger partial charge in [0.15, 0.2) is 0 Å². The third kappa shape index (κ3) is 3.95. The van der Waals surface area contributed by atoms with Crippen LogP contribution in [0.15, 0.2) is 71.1 Å². The molecule has 4 nitrogen and oxygen atoms in total. The van der Waals surface area contributed by atoms with Crippen molar-refractivity contribution >= 4 is 27.9 Å². The minimum Gasteiger partial charge on any atom is -0.494 e. The molecule has 4 aromatic rings. The number of aryl methyl sites for hydroxylation is 1. The fraction of sp³-hybridized carbons (Fsp3) is 0.174. The monoisotopic (exact) mass is 360 g/mol. The van der Waals surface area contributed by atoms with Crippen molar-refractivity contribution in [1.29, 1.82) is 0 Å². The number of ether oxygens (including phenoxy) is 2. The Morgan fingerprint density at radius 2 is 1.74 bits per heavy atom. The summed E-state index contributed by atoms with van der Waals surface area (Å²) in [4.78, 5) is 12.1. The quantitative estimate of drug-likeness (QED) is 0.253. The first-order valence-corrected chi connectivity index (χ1v) is 9.00. The summed E-state index contributed by atoms with van der Waals surface area (Å²) < 4.78 is 16.9. The van der Waals surface area contributed by atoms with Gasteiger partial charge in [-0.2, -0.15) is 0 Å². The lowest BCUT2D eigenvalue weighted by molar-refractivity contribution is -0.134. The lowest BCUT2D eigenvalue weighted by Gasteiger charge is -2.07. The van der Waals surface area contributed by atoms with E-state index in [2.05, 4.69) is 0 Å². The smallest absolute Gasteiger partial charge is 0.311 e. The second-order valence-electron chi connectivity index (χ2n) is 6.50. The predicted molar refractivity (Wildman–Crippen MR) is 105 cm³/mol. The number of esters is 1. The van der Waals surface area contributed by atoms with Gasteiger partial charge < -0.3 is 13.9 Å². The molecule has 0 saturated carbocycles. The summed E-state index contributed by atoms with van der Waals surface area (Å²) in [6, 6.07) is 21.1. The molecule has 27 heavy (non-hydrogen) atoms. The molecule has 136 valence electrons. The van der Waals surface area contributed by atoms with E-state index in [4.69, 9.17) is 13.9 Å². The van der Waals surface area contributed by atoms with Crippen LogP contribution < -0.4 is 9.47 Å².